The molecule has 32 heavy (non-hydrogen) atoms. The zero-order valence-electron chi connectivity index (χ0n) is 16.9. The highest BCUT2D eigenvalue weighted by Gasteiger charge is 2.40. The quantitative estimate of drug-likeness (QED) is 0.588. The van der Waals surface area contributed by atoms with Crippen molar-refractivity contribution in [3.8, 4) is 0 Å². The van der Waals surface area contributed by atoms with Gasteiger partial charge in [0.25, 0.3) is 11.8 Å². The first-order valence-electron chi connectivity index (χ1n) is 9.63. The molecule has 8 heteroatoms. The van der Waals surface area contributed by atoms with Crippen molar-refractivity contribution in [2.45, 2.75) is 6.92 Å². The summed E-state index contributed by atoms with van der Waals surface area (Å²) in [7, 11) is 0. The van der Waals surface area contributed by atoms with Crippen molar-refractivity contribution in [3.63, 3.8) is 0 Å². The lowest BCUT2D eigenvalue weighted by molar-refractivity contribution is -0.120. The van der Waals surface area contributed by atoms with Gasteiger partial charge in [-0.25, -0.2) is 13.7 Å². The van der Waals surface area contributed by atoms with Gasteiger partial charge in [0.05, 0.1) is 11.3 Å². The number of rotatable bonds is 5. The highest BCUT2D eigenvalue weighted by Crippen LogP contribution is 2.34. The van der Waals surface area contributed by atoms with E-state index in [9.17, 15) is 23.2 Å². The van der Waals surface area contributed by atoms with Crippen LogP contribution in [0.5, 0.6) is 0 Å². The van der Waals surface area contributed by atoms with E-state index in [1.54, 1.807) is 24.3 Å². The molecule has 0 saturated heterocycles. The predicted octanol–water partition coefficient (Wildman–Crippen LogP) is 4.32. The Morgan fingerprint density at radius 2 is 1.47 bits per heavy atom. The Kier molecular flexibility index (Phi) is 5.51. The fourth-order valence-electron chi connectivity index (χ4n) is 3.36. The molecule has 0 unspecified atom stereocenters. The molecule has 1 heterocycles. The van der Waals surface area contributed by atoms with Gasteiger partial charge in [-0.05, 0) is 60.2 Å². The Labute approximate surface area is 182 Å². The van der Waals surface area contributed by atoms with E-state index >= 15 is 0 Å². The second kappa shape index (κ2) is 8.43. The molecule has 3 aromatic rings. The molecule has 160 valence electrons. The van der Waals surface area contributed by atoms with Crippen LogP contribution in [0.25, 0.3) is 5.57 Å². The Hall–Kier alpha value is -4.33. The van der Waals surface area contributed by atoms with Crippen LogP contribution in [0.4, 0.5) is 25.8 Å². The summed E-state index contributed by atoms with van der Waals surface area (Å²) < 4.78 is 27.1. The first-order chi connectivity index (χ1) is 15.3. The van der Waals surface area contributed by atoms with E-state index in [4.69, 9.17) is 0 Å². The summed E-state index contributed by atoms with van der Waals surface area (Å²) in [6.07, 6.45) is 0. The molecular formula is C24H17F2N3O3. The molecule has 0 atom stereocenters. The van der Waals surface area contributed by atoms with E-state index in [0.29, 0.717) is 16.9 Å². The number of imide groups is 1. The minimum atomic E-state index is -0.675. The minimum Gasteiger partial charge on any atom is -0.350 e. The summed E-state index contributed by atoms with van der Waals surface area (Å²) in [6, 6.07) is 16.8. The van der Waals surface area contributed by atoms with Crippen molar-refractivity contribution in [2.24, 2.45) is 0 Å². The van der Waals surface area contributed by atoms with Gasteiger partial charge in [-0.3, -0.25) is 14.4 Å². The maximum Gasteiger partial charge on any atom is 0.282 e. The second-order valence-electron chi connectivity index (χ2n) is 7.07. The molecule has 0 aliphatic carbocycles. The van der Waals surface area contributed by atoms with Crippen LogP contribution < -0.4 is 15.5 Å². The molecule has 3 aromatic carbocycles. The van der Waals surface area contributed by atoms with Crippen LogP contribution in [0, 0.1) is 11.6 Å². The Balaban J connectivity index is 1.78. The Morgan fingerprint density at radius 3 is 2.09 bits per heavy atom. The number of nitrogens with one attached hydrogen (secondary N) is 2. The summed E-state index contributed by atoms with van der Waals surface area (Å²) in [5.74, 6) is -2.61. The largest absolute Gasteiger partial charge is 0.350 e. The number of benzene rings is 3. The van der Waals surface area contributed by atoms with E-state index in [1.165, 1.54) is 49.4 Å². The average molecular weight is 433 g/mol. The fraction of sp³-hybridized carbons (Fsp3) is 0.0417. The maximum absolute atomic E-state index is 13.8. The molecule has 0 radical (unpaired) electrons. The van der Waals surface area contributed by atoms with Gasteiger partial charge in [-0.2, -0.15) is 0 Å². The topological polar surface area (TPSA) is 78.5 Å². The lowest BCUT2D eigenvalue weighted by Crippen LogP contribution is -2.32. The predicted molar refractivity (Wildman–Crippen MR) is 117 cm³/mol. The Morgan fingerprint density at radius 1 is 0.812 bits per heavy atom. The van der Waals surface area contributed by atoms with Gasteiger partial charge >= 0.3 is 0 Å². The zero-order valence-corrected chi connectivity index (χ0v) is 16.9. The van der Waals surface area contributed by atoms with Gasteiger partial charge in [-0.15, -0.1) is 0 Å². The van der Waals surface area contributed by atoms with Crippen LogP contribution in [0.3, 0.4) is 0 Å². The van der Waals surface area contributed by atoms with E-state index in [-0.39, 0.29) is 22.9 Å². The highest BCUT2D eigenvalue weighted by molar-refractivity contribution is 6.46. The monoisotopic (exact) mass is 433 g/mol. The highest BCUT2D eigenvalue weighted by atomic mass is 19.1. The van der Waals surface area contributed by atoms with Gasteiger partial charge in [0, 0.05) is 18.3 Å². The fourth-order valence-corrected chi connectivity index (χ4v) is 3.36. The molecule has 0 fully saturated rings. The van der Waals surface area contributed by atoms with Crippen molar-refractivity contribution in [2.75, 3.05) is 15.5 Å². The average Bonchev–Trinajstić information content (AvgIpc) is 2.99. The van der Waals surface area contributed by atoms with Crippen molar-refractivity contribution >= 4 is 40.4 Å². The number of halogens is 2. The standard InChI is InChI=1S/C24H17F2N3O3/c1-14(30)27-18-9-5-15(6-10-18)21-22(28-19-11-7-16(25)8-12-19)24(32)29(23(21)31)20-4-2-3-17(26)13-20/h2-13,28H,1H3,(H,27,30). The smallest absolute Gasteiger partial charge is 0.282 e. The first-order valence-corrected chi connectivity index (χ1v) is 9.63. The van der Waals surface area contributed by atoms with Crippen LogP contribution in [0.1, 0.15) is 12.5 Å². The van der Waals surface area contributed by atoms with E-state index in [1.807, 2.05) is 0 Å². The van der Waals surface area contributed by atoms with Gasteiger partial charge < -0.3 is 10.6 Å². The van der Waals surface area contributed by atoms with Crippen molar-refractivity contribution < 1.29 is 23.2 Å². The van der Waals surface area contributed by atoms with Crippen LogP contribution in [-0.4, -0.2) is 17.7 Å². The molecule has 1 aliphatic rings. The van der Waals surface area contributed by atoms with Gasteiger partial charge in [0.2, 0.25) is 5.91 Å². The summed E-state index contributed by atoms with van der Waals surface area (Å²) in [5, 5.41) is 5.53. The molecular weight excluding hydrogens is 416 g/mol. The summed E-state index contributed by atoms with van der Waals surface area (Å²) >= 11 is 0. The van der Waals surface area contributed by atoms with Crippen LogP contribution in [0.2, 0.25) is 0 Å². The number of anilines is 3. The molecule has 6 nitrogen and oxygen atoms in total. The number of amides is 3. The summed E-state index contributed by atoms with van der Waals surface area (Å²) in [5.41, 5.74) is 1.46. The first kappa shape index (κ1) is 20.9. The SMILES string of the molecule is CC(=O)Nc1ccc(C2=C(Nc3ccc(F)cc3)C(=O)N(c3cccc(F)c3)C2=O)cc1. The molecule has 1 aliphatic heterocycles. The lowest BCUT2D eigenvalue weighted by atomic mass is 10.0. The number of carbonyl (C=O) groups excluding carboxylic acids is 3. The number of carbonyl (C=O) groups is 3. The van der Waals surface area contributed by atoms with E-state index < -0.39 is 23.4 Å². The van der Waals surface area contributed by atoms with Crippen LogP contribution >= 0.6 is 0 Å². The molecule has 3 amide bonds. The number of hydrogen-bond acceptors (Lipinski definition) is 4. The van der Waals surface area contributed by atoms with Crippen molar-refractivity contribution in [3.05, 3.63) is 95.7 Å². The van der Waals surface area contributed by atoms with E-state index in [0.717, 1.165) is 11.0 Å². The third-order valence-corrected chi connectivity index (χ3v) is 4.76. The molecule has 0 aromatic heterocycles. The maximum atomic E-state index is 13.8. The second-order valence-corrected chi connectivity index (χ2v) is 7.07. The van der Waals surface area contributed by atoms with Crippen LogP contribution in [-0.2, 0) is 14.4 Å². The molecule has 0 bridgehead atoms. The molecule has 2 N–H and O–H groups in total. The number of hydrogen-bond donors (Lipinski definition) is 2. The number of nitrogens with zero attached hydrogens (tertiary/aromatic N) is 1. The van der Waals surface area contributed by atoms with E-state index in [2.05, 4.69) is 10.6 Å². The summed E-state index contributed by atoms with van der Waals surface area (Å²) in [6.45, 7) is 1.37. The van der Waals surface area contributed by atoms with Gasteiger partial charge in [0.15, 0.2) is 0 Å². The zero-order chi connectivity index (χ0) is 22.8. The normalized spacial score (nSPS) is 13.5. The summed E-state index contributed by atoms with van der Waals surface area (Å²) in [4.78, 5) is 38.7. The van der Waals surface area contributed by atoms with Crippen molar-refractivity contribution in [1.29, 1.82) is 0 Å². The third-order valence-electron chi connectivity index (χ3n) is 4.76. The third kappa shape index (κ3) is 4.11. The van der Waals surface area contributed by atoms with Crippen LogP contribution in [0.15, 0.2) is 78.5 Å². The minimum absolute atomic E-state index is 0.0295. The van der Waals surface area contributed by atoms with Gasteiger partial charge in [-0.1, -0.05) is 18.2 Å². The van der Waals surface area contributed by atoms with Crippen molar-refractivity contribution in [1.82, 2.24) is 0 Å². The lowest BCUT2D eigenvalue weighted by Gasteiger charge is -2.15. The Bertz CT molecular complexity index is 1250. The molecule has 0 saturated carbocycles. The van der Waals surface area contributed by atoms with Gasteiger partial charge in [0.1, 0.15) is 17.3 Å². The molecule has 4 rings (SSSR count). The molecule has 0 spiro atoms.